The van der Waals surface area contributed by atoms with E-state index < -0.39 is 10.8 Å². The maximum Gasteiger partial charge on any atom is 0.0576 e. The topological polar surface area (TPSA) is 43.1 Å². The normalized spacial score (nSPS) is 27.5. The zero-order valence-electron chi connectivity index (χ0n) is 13.3. The van der Waals surface area contributed by atoms with Crippen molar-refractivity contribution in [3.63, 3.8) is 0 Å². The molecule has 2 rings (SSSR count). The molecule has 20 heavy (non-hydrogen) atoms. The molecule has 0 aliphatic heterocycles. The van der Waals surface area contributed by atoms with Crippen LogP contribution in [0.2, 0.25) is 0 Å². The quantitative estimate of drug-likeness (QED) is 0.905. The predicted molar refractivity (Wildman–Crippen MR) is 86.3 cm³/mol. The molecule has 3 heteroatoms. The third-order valence-electron chi connectivity index (χ3n) is 4.60. The Morgan fingerprint density at radius 2 is 1.75 bits per heavy atom. The molecule has 3 unspecified atom stereocenters. The van der Waals surface area contributed by atoms with Gasteiger partial charge in [-0.05, 0) is 41.4 Å². The lowest BCUT2D eigenvalue weighted by molar-refractivity contribution is 0.334. The minimum Gasteiger partial charge on any atom is -0.326 e. The van der Waals surface area contributed by atoms with E-state index in [-0.39, 0.29) is 22.1 Å². The summed E-state index contributed by atoms with van der Waals surface area (Å²) in [5.41, 5.74) is 7.81. The molecule has 0 saturated heterocycles. The van der Waals surface area contributed by atoms with Gasteiger partial charge in [-0.1, -0.05) is 46.8 Å². The first-order chi connectivity index (χ1) is 9.13. The number of hydrogen-bond donors (Lipinski definition) is 1. The summed E-state index contributed by atoms with van der Waals surface area (Å²) >= 11 is 0. The first kappa shape index (κ1) is 15.7. The molecule has 1 aromatic rings. The zero-order valence-corrected chi connectivity index (χ0v) is 14.1. The summed E-state index contributed by atoms with van der Waals surface area (Å²) in [6.45, 7) is 10.9. The lowest BCUT2D eigenvalue weighted by Gasteiger charge is -2.26. The highest BCUT2D eigenvalue weighted by Crippen LogP contribution is 2.39. The summed E-state index contributed by atoms with van der Waals surface area (Å²) in [6.07, 6.45) is 2.02. The largest absolute Gasteiger partial charge is 0.326 e. The van der Waals surface area contributed by atoms with Crippen LogP contribution in [0.1, 0.15) is 53.0 Å². The molecular formula is C17H27NOS. The van der Waals surface area contributed by atoms with Crippen LogP contribution in [0, 0.1) is 5.41 Å². The number of hydrogen-bond acceptors (Lipinski definition) is 2. The second-order valence-corrected chi connectivity index (χ2v) is 9.34. The van der Waals surface area contributed by atoms with Crippen molar-refractivity contribution in [1.82, 2.24) is 0 Å². The van der Waals surface area contributed by atoms with Crippen molar-refractivity contribution >= 4 is 10.8 Å². The van der Waals surface area contributed by atoms with Gasteiger partial charge in [0, 0.05) is 10.9 Å². The molecule has 0 spiro atoms. The Kier molecular flexibility index (Phi) is 4.14. The molecule has 0 radical (unpaired) electrons. The second kappa shape index (κ2) is 5.27. The molecule has 0 bridgehead atoms. The molecule has 1 aliphatic carbocycles. The first-order valence-electron chi connectivity index (χ1n) is 7.40. The van der Waals surface area contributed by atoms with E-state index >= 15 is 0 Å². The van der Waals surface area contributed by atoms with Gasteiger partial charge in [0.05, 0.1) is 16.0 Å². The van der Waals surface area contributed by atoms with E-state index in [2.05, 4.69) is 46.8 Å². The highest BCUT2D eigenvalue weighted by Gasteiger charge is 2.42. The van der Waals surface area contributed by atoms with Crippen LogP contribution in [0.4, 0.5) is 0 Å². The summed E-state index contributed by atoms with van der Waals surface area (Å²) in [6, 6.07) is 8.23. The molecule has 112 valence electrons. The summed E-state index contributed by atoms with van der Waals surface area (Å²) in [4.78, 5) is 0.913. The molecular weight excluding hydrogens is 266 g/mol. The first-order valence-corrected chi connectivity index (χ1v) is 8.61. The Hall–Kier alpha value is -0.670. The van der Waals surface area contributed by atoms with Crippen molar-refractivity contribution in [2.24, 2.45) is 11.1 Å². The van der Waals surface area contributed by atoms with Gasteiger partial charge in [0.25, 0.3) is 0 Å². The van der Waals surface area contributed by atoms with Crippen molar-refractivity contribution in [2.75, 3.05) is 0 Å². The maximum atomic E-state index is 12.7. The van der Waals surface area contributed by atoms with Crippen LogP contribution in [-0.4, -0.2) is 15.5 Å². The van der Waals surface area contributed by atoms with Gasteiger partial charge in [0.1, 0.15) is 0 Å². The SMILES string of the molecule is CC(C)(C)c1ccc(S(=O)C2CCC(C)(C)C2N)cc1. The monoisotopic (exact) mass is 293 g/mol. The van der Waals surface area contributed by atoms with E-state index in [1.165, 1.54) is 5.56 Å². The average Bonchev–Trinajstić information content (AvgIpc) is 2.63. The van der Waals surface area contributed by atoms with Crippen LogP contribution >= 0.6 is 0 Å². The second-order valence-electron chi connectivity index (χ2n) is 7.66. The molecule has 2 nitrogen and oxygen atoms in total. The van der Waals surface area contributed by atoms with Gasteiger partial charge >= 0.3 is 0 Å². The van der Waals surface area contributed by atoms with Gasteiger partial charge in [-0.2, -0.15) is 0 Å². The van der Waals surface area contributed by atoms with Gasteiger partial charge in [0.15, 0.2) is 0 Å². The van der Waals surface area contributed by atoms with E-state index in [9.17, 15) is 4.21 Å². The Labute approximate surface area is 125 Å². The lowest BCUT2D eigenvalue weighted by Crippen LogP contribution is -2.41. The third-order valence-corrected chi connectivity index (χ3v) is 6.42. The van der Waals surface area contributed by atoms with Crippen LogP contribution in [0.5, 0.6) is 0 Å². The van der Waals surface area contributed by atoms with Crippen LogP contribution in [0.25, 0.3) is 0 Å². The molecule has 1 aliphatic rings. The van der Waals surface area contributed by atoms with Gasteiger partial charge in [-0.25, -0.2) is 0 Å². The standard InChI is InChI=1S/C17H27NOS/c1-16(2,3)12-6-8-13(9-7-12)20(19)14-10-11-17(4,5)15(14)18/h6-9,14-15H,10-11,18H2,1-5H3. The van der Waals surface area contributed by atoms with Crippen molar-refractivity contribution in [1.29, 1.82) is 0 Å². The fraction of sp³-hybridized carbons (Fsp3) is 0.647. The van der Waals surface area contributed by atoms with E-state index in [0.717, 1.165) is 17.7 Å². The molecule has 0 amide bonds. The zero-order chi connectivity index (χ0) is 15.1. The fourth-order valence-corrected chi connectivity index (χ4v) is 4.59. The summed E-state index contributed by atoms with van der Waals surface area (Å²) in [5, 5.41) is 0.0884. The molecule has 1 fully saturated rings. The highest BCUT2D eigenvalue weighted by atomic mass is 32.2. The van der Waals surface area contributed by atoms with Crippen molar-refractivity contribution in [3.05, 3.63) is 29.8 Å². The maximum absolute atomic E-state index is 12.7. The smallest absolute Gasteiger partial charge is 0.0576 e. The Morgan fingerprint density at radius 1 is 1.20 bits per heavy atom. The fourth-order valence-electron chi connectivity index (χ4n) is 2.87. The molecule has 3 atom stereocenters. The number of benzene rings is 1. The average molecular weight is 293 g/mol. The van der Waals surface area contributed by atoms with E-state index in [4.69, 9.17) is 5.73 Å². The minimum absolute atomic E-state index is 0.0191. The Bertz CT molecular complexity index is 499. The molecule has 2 N–H and O–H groups in total. The van der Waals surface area contributed by atoms with Crippen LogP contribution in [0.15, 0.2) is 29.2 Å². The predicted octanol–water partition coefficient (Wildman–Crippen LogP) is 3.61. The van der Waals surface area contributed by atoms with Crippen LogP contribution in [0.3, 0.4) is 0 Å². The van der Waals surface area contributed by atoms with E-state index in [1.54, 1.807) is 0 Å². The van der Waals surface area contributed by atoms with Crippen molar-refractivity contribution < 1.29 is 4.21 Å². The van der Waals surface area contributed by atoms with Crippen LogP contribution < -0.4 is 5.73 Å². The Balaban J connectivity index is 2.19. The number of rotatable bonds is 2. The number of nitrogens with two attached hydrogens (primary N) is 1. The molecule has 0 heterocycles. The summed E-state index contributed by atoms with van der Waals surface area (Å²) < 4.78 is 12.7. The molecule has 1 saturated carbocycles. The van der Waals surface area contributed by atoms with Gasteiger partial charge in [-0.15, -0.1) is 0 Å². The summed E-state index contributed by atoms with van der Waals surface area (Å²) in [7, 11) is -0.995. The van der Waals surface area contributed by atoms with Crippen molar-refractivity contribution in [3.8, 4) is 0 Å². The van der Waals surface area contributed by atoms with Crippen molar-refractivity contribution in [2.45, 2.75) is 69.1 Å². The van der Waals surface area contributed by atoms with Crippen LogP contribution in [-0.2, 0) is 16.2 Å². The summed E-state index contributed by atoms with van der Waals surface area (Å²) in [5.74, 6) is 0. The third kappa shape index (κ3) is 2.99. The molecule has 0 aromatic heterocycles. The minimum atomic E-state index is -0.995. The molecule has 1 aromatic carbocycles. The van der Waals surface area contributed by atoms with E-state index in [1.807, 2.05) is 12.1 Å². The highest BCUT2D eigenvalue weighted by molar-refractivity contribution is 7.85. The van der Waals surface area contributed by atoms with E-state index in [0.29, 0.717) is 0 Å². The van der Waals surface area contributed by atoms with Gasteiger partial charge < -0.3 is 5.73 Å². The van der Waals surface area contributed by atoms with Gasteiger partial charge in [0.2, 0.25) is 0 Å². The van der Waals surface area contributed by atoms with Gasteiger partial charge in [-0.3, -0.25) is 4.21 Å². The Morgan fingerprint density at radius 3 is 2.15 bits per heavy atom. The lowest BCUT2D eigenvalue weighted by atomic mass is 9.87.